The zero-order chi connectivity index (χ0) is 45.6. The molecule has 5 aromatic rings. The Morgan fingerprint density at radius 2 is 0.938 bits per heavy atom. The molecule has 5 aromatic carbocycles. The van der Waals surface area contributed by atoms with Crippen LogP contribution in [0.25, 0.3) is 0 Å². The molecule has 3 aliphatic rings. The van der Waals surface area contributed by atoms with Gasteiger partial charge in [0.1, 0.15) is 54.4 Å². The quantitative estimate of drug-likeness (QED) is 0.0786. The highest BCUT2D eigenvalue weighted by Crippen LogP contribution is 2.48. The van der Waals surface area contributed by atoms with Crippen molar-refractivity contribution in [2.24, 2.45) is 5.92 Å². The van der Waals surface area contributed by atoms with E-state index in [2.05, 4.69) is 0 Å². The monoisotopic (exact) mass is 890 g/mol. The van der Waals surface area contributed by atoms with Gasteiger partial charge in [0.05, 0.1) is 38.4 Å². The molecule has 0 amide bonds. The number of esters is 1. The Kier molecular flexibility index (Phi) is 14.6. The summed E-state index contributed by atoms with van der Waals surface area (Å²) in [6.45, 7) is 0.215. The van der Waals surface area contributed by atoms with E-state index in [1.54, 1.807) is 30.3 Å². The fraction of sp³-hybridized carbons (Fsp3) is 0.373. The van der Waals surface area contributed by atoms with Gasteiger partial charge in [-0.1, -0.05) is 152 Å². The van der Waals surface area contributed by atoms with Crippen LogP contribution in [0, 0.1) is 5.92 Å². The fourth-order valence-corrected chi connectivity index (χ4v) is 9.14. The van der Waals surface area contributed by atoms with E-state index in [0.29, 0.717) is 5.56 Å². The normalized spacial score (nSPS) is 31.9. The Balaban J connectivity index is 1.16. The van der Waals surface area contributed by atoms with E-state index in [1.807, 2.05) is 121 Å². The standard InChI is InChI=1S/C51H54O14/c52-38-26-37(48(58)65-51(38)47(57)41(55)40(54)46(56)50(51,59)27-32-16-6-1-7-17-32)39(53)42-43(60-28-33-18-8-2-9-19-33)44(61-29-34-20-10-3-11-21-34)45(62-30-35-22-12-4-13-23-35)49(64-42)63-31-36-24-14-5-15-25-36/h1-25,37,39-47,49,53-57,59H,26-31H2/t37?,39?,40-,41-,42-,43-,44+,45-,46+,47+,49-,50-,51-/m1/s1. The van der Waals surface area contributed by atoms with E-state index in [-0.39, 0.29) is 26.4 Å². The smallest absolute Gasteiger partial charge is 0.313 e. The number of benzene rings is 5. The van der Waals surface area contributed by atoms with Crippen molar-refractivity contribution in [1.29, 1.82) is 0 Å². The zero-order valence-corrected chi connectivity index (χ0v) is 35.5. The van der Waals surface area contributed by atoms with Crippen LogP contribution in [-0.2, 0) is 70.9 Å². The average molecular weight is 891 g/mol. The second-order valence-corrected chi connectivity index (χ2v) is 16.9. The Bertz CT molecular complexity index is 2290. The van der Waals surface area contributed by atoms with Crippen LogP contribution in [0.4, 0.5) is 0 Å². The predicted octanol–water partition coefficient (Wildman–Crippen LogP) is 3.35. The maximum atomic E-state index is 14.7. The summed E-state index contributed by atoms with van der Waals surface area (Å²) in [5.41, 5.74) is -2.22. The van der Waals surface area contributed by atoms with Crippen LogP contribution in [-0.4, -0.2) is 115 Å². The van der Waals surface area contributed by atoms with Gasteiger partial charge in [0.15, 0.2) is 12.1 Å². The minimum atomic E-state index is -2.97. The molecule has 342 valence electrons. The molecular weight excluding hydrogens is 837 g/mol. The number of Topliss-reactive ketones (excluding diaryl/α,β-unsaturated/α-hetero) is 1. The van der Waals surface area contributed by atoms with Gasteiger partial charge in [0.25, 0.3) is 0 Å². The molecule has 2 unspecified atom stereocenters. The van der Waals surface area contributed by atoms with Crippen molar-refractivity contribution in [2.75, 3.05) is 0 Å². The van der Waals surface area contributed by atoms with Crippen LogP contribution in [0.2, 0.25) is 0 Å². The predicted molar refractivity (Wildman–Crippen MR) is 232 cm³/mol. The molecule has 0 aromatic heterocycles. The van der Waals surface area contributed by atoms with E-state index in [0.717, 1.165) is 22.3 Å². The maximum absolute atomic E-state index is 14.7. The minimum absolute atomic E-state index is 0.00179. The van der Waals surface area contributed by atoms with Gasteiger partial charge in [-0.25, -0.2) is 0 Å². The number of hydrogen-bond acceptors (Lipinski definition) is 14. The summed E-state index contributed by atoms with van der Waals surface area (Å²) >= 11 is 0. The number of hydrogen-bond donors (Lipinski definition) is 6. The summed E-state index contributed by atoms with van der Waals surface area (Å²) in [4.78, 5) is 29.2. The SMILES string of the molecule is O=C1O[C@]2(C(=O)CC1C(O)[C@H]1O[C@@H](OCc3ccccc3)[C@H](OCc3ccccc3)[C@@H](OCc3ccccc3)[C@@H]1OCc1ccccc1)[C@@H](O)[C@H](O)[C@@H](O)[C@H](O)[C@]2(O)Cc1ccccc1. The van der Waals surface area contributed by atoms with Crippen molar-refractivity contribution in [3.05, 3.63) is 179 Å². The Morgan fingerprint density at radius 1 is 0.538 bits per heavy atom. The van der Waals surface area contributed by atoms with Crippen molar-refractivity contribution in [1.82, 2.24) is 0 Å². The van der Waals surface area contributed by atoms with E-state index in [9.17, 15) is 40.2 Å². The lowest BCUT2D eigenvalue weighted by molar-refractivity contribution is -0.341. The fourth-order valence-electron chi connectivity index (χ4n) is 9.14. The highest BCUT2D eigenvalue weighted by Gasteiger charge is 2.74. The second-order valence-electron chi connectivity index (χ2n) is 16.9. The van der Waals surface area contributed by atoms with Crippen molar-refractivity contribution in [3.63, 3.8) is 0 Å². The first-order chi connectivity index (χ1) is 31.5. The van der Waals surface area contributed by atoms with E-state index in [4.69, 9.17) is 28.4 Å². The lowest BCUT2D eigenvalue weighted by Gasteiger charge is -2.57. The molecule has 3 fully saturated rings. The van der Waals surface area contributed by atoms with Crippen LogP contribution in [0.5, 0.6) is 0 Å². The van der Waals surface area contributed by atoms with Gasteiger partial charge in [-0.05, 0) is 27.8 Å². The van der Waals surface area contributed by atoms with Gasteiger partial charge in [-0.3, -0.25) is 9.59 Å². The lowest BCUT2D eigenvalue weighted by atomic mass is 9.59. The topological polar surface area (TPSA) is 211 Å². The zero-order valence-electron chi connectivity index (χ0n) is 35.5. The van der Waals surface area contributed by atoms with Gasteiger partial charge < -0.3 is 59.1 Å². The third-order valence-corrected chi connectivity index (χ3v) is 12.6. The molecule has 1 aliphatic carbocycles. The van der Waals surface area contributed by atoms with Gasteiger partial charge >= 0.3 is 5.97 Å². The van der Waals surface area contributed by atoms with E-state index >= 15 is 0 Å². The summed E-state index contributed by atoms with van der Waals surface area (Å²) < 4.78 is 39.0. The lowest BCUT2D eigenvalue weighted by Crippen LogP contribution is -2.83. The molecule has 14 nitrogen and oxygen atoms in total. The number of ketones is 1. The van der Waals surface area contributed by atoms with Crippen LogP contribution in [0.3, 0.4) is 0 Å². The summed E-state index contributed by atoms with van der Waals surface area (Å²) in [6, 6.07) is 45.5. The Morgan fingerprint density at radius 3 is 1.42 bits per heavy atom. The van der Waals surface area contributed by atoms with Crippen molar-refractivity contribution in [2.45, 2.75) is 112 Å². The van der Waals surface area contributed by atoms with Gasteiger partial charge in [-0.2, -0.15) is 0 Å². The number of aliphatic hydroxyl groups is 6. The summed E-state index contributed by atoms with van der Waals surface area (Å²) in [7, 11) is 0. The molecule has 14 heteroatoms. The molecule has 6 N–H and O–H groups in total. The van der Waals surface area contributed by atoms with Gasteiger partial charge in [-0.15, -0.1) is 0 Å². The van der Waals surface area contributed by atoms with Crippen molar-refractivity contribution < 1.29 is 68.6 Å². The van der Waals surface area contributed by atoms with Gasteiger partial charge in [0, 0.05) is 12.8 Å². The Hall–Kier alpha value is -5.20. The number of carbonyl (C=O) groups is 2. The molecule has 0 bridgehead atoms. The first-order valence-electron chi connectivity index (χ1n) is 21.7. The third-order valence-electron chi connectivity index (χ3n) is 12.6. The summed E-state index contributed by atoms with van der Waals surface area (Å²) in [6.07, 6.45) is -18.3. The molecule has 2 saturated heterocycles. The molecule has 2 aliphatic heterocycles. The maximum Gasteiger partial charge on any atom is 0.313 e. The van der Waals surface area contributed by atoms with E-state index < -0.39 is 103 Å². The molecule has 65 heavy (non-hydrogen) atoms. The first-order valence-corrected chi connectivity index (χ1v) is 21.7. The molecule has 1 spiro atoms. The number of rotatable bonds is 16. The first kappa shape index (κ1) is 46.3. The largest absolute Gasteiger partial charge is 0.445 e. The molecular formula is C51H54O14. The number of carbonyl (C=O) groups excluding carboxylic acids is 2. The van der Waals surface area contributed by atoms with Crippen LogP contribution < -0.4 is 0 Å². The van der Waals surface area contributed by atoms with Crippen LogP contribution in [0.15, 0.2) is 152 Å². The summed E-state index contributed by atoms with van der Waals surface area (Å²) in [5.74, 6) is -4.08. The Labute approximate surface area is 376 Å². The summed E-state index contributed by atoms with van der Waals surface area (Å²) in [5, 5.41) is 69.5. The minimum Gasteiger partial charge on any atom is -0.445 e. The average Bonchev–Trinajstić information content (AvgIpc) is 3.34. The highest BCUT2D eigenvalue weighted by molar-refractivity contribution is 5.98. The number of aliphatic hydroxyl groups excluding tert-OH is 5. The number of ether oxygens (including phenoxy) is 6. The van der Waals surface area contributed by atoms with Crippen molar-refractivity contribution in [3.8, 4) is 0 Å². The molecule has 13 atom stereocenters. The molecule has 0 radical (unpaired) electrons. The van der Waals surface area contributed by atoms with E-state index in [1.165, 1.54) is 0 Å². The van der Waals surface area contributed by atoms with Crippen molar-refractivity contribution >= 4 is 11.8 Å². The van der Waals surface area contributed by atoms with Crippen LogP contribution in [0.1, 0.15) is 34.2 Å². The van der Waals surface area contributed by atoms with Gasteiger partial charge in [0.2, 0.25) is 5.60 Å². The molecule has 2 heterocycles. The van der Waals surface area contributed by atoms with Crippen LogP contribution >= 0.6 is 0 Å². The second kappa shape index (κ2) is 20.5. The third kappa shape index (κ3) is 9.71. The molecule has 1 saturated carbocycles. The molecule has 8 rings (SSSR count). The highest BCUT2D eigenvalue weighted by atomic mass is 16.7.